The predicted molar refractivity (Wildman–Crippen MR) is 47.1 cm³/mol. The van der Waals surface area contributed by atoms with Crippen LogP contribution >= 0.6 is 0 Å². The third-order valence-electron chi connectivity index (χ3n) is 2.27. The minimum atomic E-state index is -0.881. The monoisotopic (exact) mass is 156 g/mol. The highest BCUT2D eigenvalue weighted by atomic mass is 16.6. The first kappa shape index (κ1) is 9.08. The van der Waals surface area contributed by atoms with Gasteiger partial charge in [-0.25, -0.2) is 0 Å². The number of aliphatic hydroxyl groups is 1. The van der Waals surface area contributed by atoms with E-state index in [4.69, 9.17) is 4.74 Å². The summed E-state index contributed by atoms with van der Waals surface area (Å²) in [6, 6.07) is 0. The molecule has 1 aliphatic heterocycles. The number of hydrogen-bond donors (Lipinski definition) is 1. The third kappa shape index (κ3) is 2.84. The Balaban J connectivity index is 2.53. The first-order chi connectivity index (χ1) is 4.91. The van der Waals surface area contributed by atoms with Crippen LogP contribution in [0.4, 0.5) is 0 Å². The summed E-state index contributed by atoms with van der Waals surface area (Å²) in [4.78, 5) is 0. The summed E-state index contributed by atoms with van der Waals surface area (Å²) in [6.45, 7) is 6.76. The van der Waals surface area contributed by atoms with Crippen molar-refractivity contribution >= 4 is 7.28 Å². The molecule has 2 nitrogen and oxygen atoms in total. The molecule has 1 fully saturated rings. The molecule has 0 radical (unpaired) electrons. The summed E-state index contributed by atoms with van der Waals surface area (Å²) in [5, 5.41) is 9.56. The van der Waals surface area contributed by atoms with E-state index in [0.29, 0.717) is 6.61 Å². The van der Waals surface area contributed by atoms with Crippen LogP contribution in [-0.4, -0.2) is 24.8 Å². The van der Waals surface area contributed by atoms with E-state index in [9.17, 15) is 5.11 Å². The lowest BCUT2D eigenvalue weighted by atomic mass is 9.61. The maximum Gasteiger partial charge on any atom is 0.155 e. The van der Waals surface area contributed by atoms with Gasteiger partial charge < -0.3 is 9.84 Å². The van der Waals surface area contributed by atoms with Gasteiger partial charge in [-0.1, -0.05) is 20.2 Å². The summed E-state index contributed by atoms with van der Waals surface area (Å²) in [6.07, 6.45) is 1.90. The summed E-state index contributed by atoms with van der Waals surface area (Å²) in [7, 11) is 1.06. The van der Waals surface area contributed by atoms with Gasteiger partial charge in [-0.2, -0.15) is 0 Å². The molecule has 0 aliphatic carbocycles. The van der Waals surface area contributed by atoms with Crippen molar-refractivity contribution < 1.29 is 9.84 Å². The van der Waals surface area contributed by atoms with Crippen molar-refractivity contribution in [2.75, 3.05) is 6.61 Å². The Labute approximate surface area is 69.2 Å². The maximum absolute atomic E-state index is 9.56. The smallest absolute Gasteiger partial charge is 0.155 e. The maximum atomic E-state index is 9.56. The second-order valence-electron chi connectivity index (χ2n) is 4.48. The van der Waals surface area contributed by atoms with Gasteiger partial charge in [-0.15, -0.1) is 0 Å². The zero-order valence-corrected chi connectivity index (χ0v) is 7.68. The van der Waals surface area contributed by atoms with Crippen molar-refractivity contribution in [3.63, 3.8) is 0 Å². The molecule has 1 unspecified atom stereocenters. The van der Waals surface area contributed by atoms with Gasteiger partial charge in [0.15, 0.2) is 5.79 Å². The SMILES string of the molecule is CC1(C)CBCC(C)(O)OC1. The van der Waals surface area contributed by atoms with Gasteiger partial charge >= 0.3 is 0 Å². The Morgan fingerprint density at radius 3 is 2.55 bits per heavy atom. The van der Waals surface area contributed by atoms with Crippen molar-refractivity contribution in [3.8, 4) is 0 Å². The molecule has 0 amide bonds. The quantitative estimate of drug-likeness (QED) is 0.530. The van der Waals surface area contributed by atoms with E-state index < -0.39 is 5.79 Å². The van der Waals surface area contributed by atoms with Crippen molar-refractivity contribution in [3.05, 3.63) is 0 Å². The van der Waals surface area contributed by atoms with Gasteiger partial charge in [-0.05, 0) is 18.7 Å². The summed E-state index contributed by atoms with van der Waals surface area (Å²) >= 11 is 0. The predicted octanol–water partition coefficient (Wildman–Crippen LogP) is 1.02. The summed E-state index contributed by atoms with van der Waals surface area (Å²) < 4.78 is 5.36. The third-order valence-corrected chi connectivity index (χ3v) is 2.27. The Bertz CT molecular complexity index is 127. The van der Waals surface area contributed by atoms with Gasteiger partial charge in [0.25, 0.3) is 0 Å². The molecular formula is C8H17BO2. The van der Waals surface area contributed by atoms with E-state index in [2.05, 4.69) is 13.8 Å². The second kappa shape index (κ2) is 2.79. The molecule has 1 N–H and O–H groups in total. The lowest BCUT2D eigenvalue weighted by Crippen LogP contribution is -2.29. The zero-order chi connectivity index (χ0) is 8.54. The van der Waals surface area contributed by atoms with Crippen molar-refractivity contribution in [2.24, 2.45) is 5.41 Å². The number of ether oxygens (including phenoxy) is 1. The van der Waals surface area contributed by atoms with E-state index in [1.54, 1.807) is 6.92 Å². The molecule has 1 atom stereocenters. The molecule has 3 heteroatoms. The highest BCUT2D eigenvalue weighted by Crippen LogP contribution is 2.29. The van der Waals surface area contributed by atoms with E-state index >= 15 is 0 Å². The zero-order valence-electron chi connectivity index (χ0n) is 7.68. The van der Waals surface area contributed by atoms with Crippen LogP contribution in [0.25, 0.3) is 0 Å². The van der Waals surface area contributed by atoms with E-state index in [0.717, 1.165) is 19.9 Å². The van der Waals surface area contributed by atoms with Crippen molar-refractivity contribution in [2.45, 2.75) is 39.2 Å². The van der Waals surface area contributed by atoms with Crippen LogP contribution in [0.5, 0.6) is 0 Å². The molecule has 1 saturated heterocycles. The molecule has 0 aromatic rings. The summed E-state index contributed by atoms with van der Waals surface area (Å²) in [5.41, 5.74) is 0.237. The van der Waals surface area contributed by atoms with E-state index in [1.165, 1.54) is 0 Å². The van der Waals surface area contributed by atoms with E-state index in [-0.39, 0.29) is 5.41 Å². The highest BCUT2D eigenvalue weighted by molar-refractivity contribution is 6.36. The van der Waals surface area contributed by atoms with E-state index in [1.807, 2.05) is 0 Å². The highest BCUT2D eigenvalue weighted by Gasteiger charge is 2.30. The average Bonchev–Trinajstić information content (AvgIpc) is 1.92. The molecule has 64 valence electrons. The normalized spacial score (nSPS) is 37.5. The Morgan fingerprint density at radius 1 is 1.27 bits per heavy atom. The topological polar surface area (TPSA) is 29.5 Å². The van der Waals surface area contributed by atoms with Crippen LogP contribution in [0.1, 0.15) is 20.8 Å². The fraction of sp³-hybridized carbons (Fsp3) is 1.00. The molecule has 0 spiro atoms. The number of hydrogen-bond acceptors (Lipinski definition) is 2. The van der Waals surface area contributed by atoms with Crippen LogP contribution in [0.3, 0.4) is 0 Å². The molecule has 0 aromatic heterocycles. The fourth-order valence-corrected chi connectivity index (χ4v) is 1.39. The van der Waals surface area contributed by atoms with Gasteiger partial charge in [0.1, 0.15) is 7.28 Å². The van der Waals surface area contributed by atoms with Gasteiger partial charge in [-0.3, -0.25) is 0 Å². The Morgan fingerprint density at radius 2 is 1.91 bits per heavy atom. The van der Waals surface area contributed by atoms with Crippen molar-refractivity contribution in [1.82, 2.24) is 0 Å². The molecule has 1 heterocycles. The molecular weight excluding hydrogens is 139 g/mol. The van der Waals surface area contributed by atoms with Crippen LogP contribution in [0.15, 0.2) is 0 Å². The van der Waals surface area contributed by atoms with Crippen LogP contribution in [0.2, 0.25) is 12.6 Å². The standard InChI is InChI=1S/C8H17BO2/c1-7(2)4-9-5-8(3,10)11-6-7/h9-10H,4-6H2,1-3H3. The van der Waals surface area contributed by atoms with Gasteiger partial charge in [0.05, 0.1) is 6.61 Å². The molecule has 0 bridgehead atoms. The largest absolute Gasteiger partial charge is 0.366 e. The molecule has 0 saturated carbocycles. The van der Waals surface area contributed by atoms with Crippen LogP contribution < -0.4 is 0 Å². The van der Waals surface area contributed by atoms with Crippen molar-refractivity contribution in [1.29, 1.82) is 0 Å². The fourth-order valence-electron chi connectivity index (χ4n) is 1.39. The molecule has 0 aromatic carbocycles. The molecule has 1 rings (SSSR count). The minimum absolute atomic E-state index is 0.237. The molecule has 1 aliphatic rings. The van der Waals surface area contributed by atoms with Gasteiger partial charge in [0, 0.05) is 0 Å². The minimum Gasteiger partial charge on any atom is -0.366 e. The first-order valence-corrected chi connectivity index (χ1v) is 4.28. The Hall–Kier alpha value is -0.0151. The average molecular weight is 156 g/mol. The Kier molecular flexibility index (Phi) is 2.31. The number of rotatable bonds is 0. The van der Waals surface area contributed by atoms with Gasteiger partial charge in [0.2, 0.25) is 0 Å². The van der Waals surface area contributed by atoms with Crippen LogP contribution in [-0.2, 0) is 4.74 Å². The summed E-state index contributed by atoms with van der Waals surface area (Å²) in [5.74, 6) is -0.881. The lowest BCUT2D eigenvalue weighted by Gasteiger charge is -2.25. The van der Waals surface area contributed by atoms with Crippen LogP contribution in [0, 0.1) is 5.41 Å². The first-order valence-electron chi connectivity index (χ1n) is 4.28. The second-order valence-corrected chi connectivity index (χ2v) is 4.48. The lowest BCUT2D eigenvalue weighted by molar-refractivity contribution is -0.185. The molecule has 11 heavy (non-hydrogen) atoms.